The molecule has 0 saturated carbocycles. The van der Waals surface area contributed by atoms with E-state index in [1.807, 2.05) is 24.3 Å². The van der Waals surface area contributed by atoms with E-state index in [0.29, 0.717) is 0 Å². The summed E-state index contributed by atoms with van der Waals surface area (Å²) in [5.74, 6) is 0.485. The number of hydrogen-bond donors (Lipinski definition) is 3. The van der Waals surface area contributed by atoms with Crippen molar-refractivity contribution in [2.24, 2.45) is 0 Å². The number of phenols is 2. The third-order valence-corrected chi connectivity index (χ3v) is 5.25. The van der Waals surface area contributed by atoms with Crippen LogP contribution in [0, 0.1) is 0 Å². The van der Waals surface area contributed by atoms with Crippen LogP contribution in [0.25, 0.3) is 33.4 Å². The Labute approximate surface area is 176 Å². The Morgan fingerprint density at radius 2 is 0.833 bits per heavy atom. The van der Waals surface area contributed by atoms with Crippen molar-refractivity contribution >= 4 is 0 Å². The fraction of sp³-hybridized carbons (Fsp3) is 0.111. The van der Waals surface area contributed by atoms with Crippen LogP contribution >= 0.6 is 0 Å². The molecule has 4 rings (SSSR count). The van der Waals surface area contributed by atoms with E-state index >= 15 is 0 Å². The van der Waals surface area contributed by atoms with Crippen molar-refractivity contribution in [1.29, 1.82) is 0 Å². The molecule has 0 atom stereocenters. The molecule has 30 heavy (non-hydrogen) atoms. The number of aliphatic hydroxyl groups excluding tert-OH is 1. The predicted molar refractivity (Wildman–Crippen MR) is 121 cm³/mol. The highest BCUT2D eigenvalue weighted by Crippen LogP contribution is 2.34. The van der Waals surface area contributed by atoms with E-state index in [-0.39, 0.29) is 18.1 Å². The molecule has 0 spiro atoms. The van der Waals surface area contributed by atoms with Gasteiger partial charge in [-0.3, -0.25) is 0 Å². The summed E-state index contributed by atoms with van der Waals surface area (Å²) in [5, 5.41) is 28.3. The molecule has 4 aromatic carbocycles. The quantitative estimate of drug-likeness (QED) is 0.373. The van der Waals surface area contributed by atoms with Gasteiger partial charge in [-0.05, 0) is 94.3 Å². The average Bonchev–Trinajstić information content (AvgIpc) is 2.79. The smallest absolute Gasteiger partial charge is 0.115 e. The molecule has 0 aromatic heterocycles. The van der Waals surface area contributed by atoms with E-state index in [1.54, 1.807) is 24.3 Å². The maximum absolute atomic E-state index is 9.64. The minimum atomic E-state index is 0.201. The minimum Gasteiger partial charge on any atom is -0.508 e. The number of aliphatic hydroxyl groups is 1. The first-order chi connectivity index (χ1) is 14.6. The second kappa shape index (κ2) is 8.85. The third-order valence-electron chi connectivity index (χ3n) is 5.25. The molecular formula is C27H24O3. The van der Waals surface area contributed by atoms with Crippen molar-refractivity contribution in [1.82, 2.24) is 0 Å². The molecule has 0 amide bonds. The van der Waals surface area contributed by atoms with E-state index in [2.05, 4.69) is 42.5 Å². The maximum atomic E-state index is 9.64. The summed E-state index contributed by atoms with van der Waals surface area (Å²) >= 11 is 0. The lowest BCUT2D eigenvalue weighted by atomic mass is 9.93. The topological polar surface area (TPSA) is 60.7 Å². The Hall–Kier alpha value is -3.56. The van der Waals surface area contributed by atoms with Crippen molar-refractivity contribution in [3.8, 4) is 44.9 Å². The molecule has 0 fully saturated rings. The molecule has 0 heterocycles. The number of phenolic OH excluding ortho intramolecular Hbond substituents is 2. The van der Waals surface area contributed by atoms with E-state index in [4.69, 9.17) is 5.11 Å². The first-order valence-electron chi connectivity index (χ1n) is 10.1. The van der Waals surface area contributed by atoms with Crippen LogP contribution in [0.2, 0.25) is 0 Å². The maximum Gasteiger partial charge on any atom is 0.115 e. The molecule has 3 N–H and O–H groups in total. The number of hydrogen-bond acceptors (Lipinski definition) is 3. The van der Waals surface area contributed by atoms with Gasteiger partial charge in [-0.1, -0.05) is 48.5 Å². The zero-order chi connectivity index (χ0) is 20.9. The van der Waals surface area contributed by atoms with Gasteiger partial charge in [-0.2, -0.15) is 0 Å². The standard InChI is InChI=1S/C27H24O3/c28-15-1-2-19-3-5-20(6-4-19)23-16-24(21-7-11-26(29)12-8-21)18-25(17-23)22-9-13-27(30)14-10-22/h3-14,16-18,28-30H,1-2,15H2. The number of aromatic hydroxyl groups is 2. The van der Waals surface area contributed by atoms with Crippen LogP contribution in [0.3, 0.4) is 0 Å². The Morgan fingerprint density at radius 1 is 0.467 bits per heavy atom. The van der Waals surface area contributed by atoms with Gasteiger partial charge in [0.25, 0.3) is 0 Å². The minimum absolute atomic E-state index is 0.201. The van der Waals surface area contributed by atoms with Crippen molar-refractivity contribution in [2.45, 2.75) is 12.8 Å². The SMILES string of the molecule is OCCCc1ccc(-c2cc(-c3ccc(O)cc3)cc(-c3ccc(O)cc3)c2)cc1. The summed E-state index contributed by atoms with van der Waals surface area (Å²) in [4.78, 5) is 0. The fourth-order valence-corrected chi connectivity index (χ4v) is 3.58. The fourth-order valence-electron chi connectivity index (χ4n) is 3.58. The van der Waals surface area contributed by atoms with Gasteiger partial charge >= 0.3 is 0 Å². The van der Waals surface area contributed by atoms with Crippen LogP contribution in [0.5, 0.6) is 11.5 Å². The summed E-state index contributed by atoms with van der Waals surface area (Å²) in [6.07, 6.45) is 1.63. The van der Waals surface area contributed by atoms with Gasteiger partial charge in [0, 0.05) is 6.61 Å². The van der Waals surface area contributed by atoms with Crippen molar-refractivity contribution in [3.63, 3.8) is 0 Å². The molecule has 0 aliphatic carbocycles. The number of benzene rings is 4. The number of rotatable bonds is 6. The van der Waals surface area contributed by atoms with Crippen LogP contribution in [0.1, 0.15) is 12.0 Å². The monoisotopic (exact) mass is 396 g/mol. The Bertz CT molecular complexity index is 1050. The summed E-state index contributed by atoms with van der Waals surface area (Å²) in [7, 11) is 0. The van der Waals surface area contributed by atoms with Crippen molar-refractivity contribution < 1.29 is 15.3 Å². The van der Waals surface area contributed by atoms with Crippen LogP contribution in [-0.4, -0.2) is 21.9 Å². The van der Waals surface area contributed by atoms with E-state index in [1.165, 1.54) is 5.56 Å². The van der Waals surface area contributed by atoms with Gasteiger partial charge in [0.05, 0.1) is 0 Å². The van der Waals surface area contributed by atoms with Gasteiger partial charge in [0.1, 0.15) is 11.5 Å². The highest BCUT2D eigenvalue weighted by atomic mass is 16.3. The van der Waals surface area contributed by atoms with Gasteiger partial charge < -0.3 is 15.3 Å². The normalized spacial score (nSPS) is 10.8. The van der Waals surface area contributed by atoms with Gasteiger partial charge in [0.2, 0.25) is 0 Å². The molecule has 0 radical (unpaired) electrons. The summed E-state index contributed by atoms with van der Waals surface area (Å²) in [5.41, 5.74) is 7.57. The van der Waals surface area contributed by atoms with E-state index in [9.17, 15) is 10.2 Å². The summed E-state index contributed by atoms with van der Waals surface area (Å²) in [6, 6.07) is 29.3. The Balaban J connectivity index is 1.78. The lowest BCUT2D eigenvalue weighted by Gasteiger charge is -2.12. The van der Waals surface area contributed by atoms with Gasteiger partial charge in [0.15, 0.2) is 0 Å². The van der Waals surface area contributed by atoms with E-state index < -0.39 is 0 Å². The Kier molecular flexibility index (Phi) is 5.82. The molecule has 0 unspecified atom stereocenters. The molecule has 3 heteroatoms. The lowest BCUT2D eigenvalue weighted by molar-refractivity contribution is 0.288. The average molecular weight is 396 g/mol. The predicted octanol–water partition coefficient (Wildman–Crippen LogP) is 6.02. The summed E-state index contributed by atoms with van der Waals surface area (Å²) in [6.45, 7) is 0.201. The highest BCUT2D eigenvalue weighted by Gasteiger charge is 2.08. The van der Waals surface area contributed by atoms with Crippen LogP contribution in [-0.2, 0) is 6.42 Å². The van der Waals surface area contributed by atoms with Crippen molar-refractivity contribution in [2.75, 3.05) is 6.61 Å². The second-order valence-electron chi connectivity index (χ2n) is 7.42. The van der Waals surface area contributed by atoms with Crippen molar-refractivity contribution in [3.05, 3.63) is 96.6 Å². The summed E-state index contributed by atoms with van der Waals surface area (Å²) < 4.78 is 0. The van der Waals surface area contributed by atoms with Gasteiger partial charge in [-0.15, -0.1) is 0 Å². The van der Waals surface area contributed by atoms with Gasteiger partial charge in [-0.25, -0.2) is 0 Å². The first-order valence-corrected chi connectivity index (χ1v) is 10.1. The molecule has 0 saturated heterocycles. The molecule has 3 nitrogen and oxygen atoms in total. The molecular weight excluding hydrogens is 372 g/mol. The second-order valence-corrected chi connectivity index (χ2v) is 7.42. The highest BCUT2D eigenvalue weighted by molar-refractivity contribution is 5.81. The Morgan fingerprint density at radius 3 is 1.20 bits per heavy atom. The largest absolute Gasteiger partial charge is 0.508 e. The third kappa shape index (κ3) is 4.53. The zero-order valence-corrected chi connectivity index (χ0v) is 16.6. The van der Waals surface area contributed by atoms with Crippen LogP contribution in [0.15, 0.2) is 91.0 Å². The number of aryl methyl sites for hydroxylation is 1. The first kappa shape index (κ1) is 19.7. The molecule has 150 valence electrons. The molecule has 0 aliphatic heterocycles. The van der Waals surface area contributed by atoms with E-state index in [0.717, 1.165) is 46.2 Å². The molecule has 0 aliphatic rings. The molecule has 0 bridgehead atoms. The van der Waals surface area contributed by atoms with Crippen LogP contribution in [0.4, 0.5) is 0 Å². The zero-order valence-electron chi connectivity index (χ0n) is 16.6. The van der Waals surface area contributed by atoms with Crippen LogP contribution < -0.4 is 0 Å². The lowest BCUT2D eigenvalue weighted by Crippen LogP contribution is -1.90. The molecule has 4 aromatic rings.